The van der Waals surface area contributed by atoms with Gasteiger partial charge in [-0.2, -0.15) is 0 Å². The van der Waals surface area contributed by atoms with Crippen LogP contribution in [0.25, 0.3) is 0 Å². The quantitative estimate of drug-likeness (QED) is 0.321. The number of halogens is 1. The predicted octanol–water partition coefficient (Wildman–Crippen LogP) is 3.68. The summed E-state index contributed by atoms with van der Waals surface area (Å²) in [5, 5.41) is 6.81. The Morgan fingerprint density at radius 2 is 1.91 bits per heavy atom. The summed E-state index contributed by atoms with van der Waals surface area (Å²) in [5.41, 5.74) is 2.90. The molecule has 0 saturated carbocycles. The van der Waals surface area contributed by atoms with E-state index in [-0.39, 0.29) is 18.2 Å². The van der Waals surface area contributed by atoms with Crippen LogP contribution in [-0.4, -0.2) is 37.4 Å². The molecule has 0 bridgehead atoms. The van der Waals surface area contributed by atoms with E-state index in [1.807, 2.05) is 54.6 Å². The molecule has 2 heterocycles. The highest BCUT2D eigenvalue weighted by Gasteiger charge is 2.48. The normalized spacial score (nSPS) is 17.5. The van der Waals surface area contributed by atoms with Gasteiger partial charge in [0.05, 0.1) is 6.61 Å². The standard InChI is InChI=1S/C24H22ClN3O4/c1-26-22(29)21(28-30-2)19-11-7-6-8-16(19)14-31-23-20(25)12-18(13-27-23)24(15-32-24)17-9-4-3-5-10-17/h3-13H,14-15H2,1-2H3,(H,26,29). The lowest BCUT2D eigenvalue weighted by Crippen LogP contribution is -2.29. The van der Waals surface area contributed by atoms with E-state index in [1.165, 1.54) is 14.2 Å². The number of benzene rings is 2. The van der Waals surface area contributed by atoms with Gasteiger partial charge in [0, 0.05) is 24.4 Å². The number of rotatable bonds is 8. The van der Waals surface area contributed by atoms with Crippen LogP contribution < -0.4 is 10.1 Å². The van der Waals surface area contributed by atoms with Gasteiger partial charge in [0.15, 0.2) is 5.71 Å². The van der Waals surface area contributed by atoms with Crippen molar-refractivity contribution in [3.8, 4) is 5.88 Å². The fraction of sp³-hybridized carbons (Fsp3) is 0.208. The lowest BCUT2D eigenvalue weighted by molar-refractivity contribution is -0.114. The van der Waals surface area contributed by atoms with Gasteiger partial charge in [0.2, 0.25) is 5.88 Å². The Balaban J connectivity index is 1.55. The first kappa shape index (κ1) is 21.8. The van der Waals surface area contributed by atoms with Gasteiger partial charge in [-0.3, -0.25) is 4.79 Å². The van der Waals surface area contributed by atoms with Crippen molar-refractivity contribution in [3.63, 3.8) is 0 Å². The SMILES string of the molecule is CNC(=O)C(=NOC)c1ccccc1COc1ncc(C2(c3ccccc3)CO2)cc1Cl. The highest BCUT2D eigenvalue weighted by Crippen LogP contribution is 2.46. The van der Waals surface area contributed by atoms with Crippen LogP contribution in [0, 0.1) is 0 Å². The molecule has 0 radical (unpaired) electrons. The first-order valence-corrected chi connectivity index (χ1v) is 10.4. The second-order valence-electron chi connectivity index (χ2n) is 7.14. The molecule has 1 saturated heterocycles. The number of pyridine rings is 1. The Kier molecular flexibility index (Phi) is 6.39. The molecule has 2 aromatic carbocycles. The summed E-state index contributed by atoms with van der Waals surface area (Å²) in [6.07, 6.45) is 1.72. The number of nitrogens with zero attached hydrogens (tertiary/aromatic N) is 2. The number of oxime groups is 1. The summed E-state index contributed by atoms with van der Waals surface area (Å²) in [4.78, 5) is 21.5. The second kappa shape index (κ2) is 9.38. The third-order valence-corrected chi connectivity index (χ3v) is 5.48. The van der Waals surface area contributed by atoms with Gasteiger partial charge in [-0.25, -0.2) is 4.98 Å². The van der Waals surface area contributed by atoms with Gasteiger partial charge in [0.1, 0.15) is 24.3 Å². The fourth-order valence-electron chi connectivity index (χ4n) is 3.48. The molecule has 0 aliphatic carbocycles. The fourth-order valence-corrected chi connectivity index (χ4v) is 3.70. The molecule has 1 amide bonds. The van der Waals surface area contributed by atoms with Crippen molar-refractivity contribution in [2.75, 3.05) is 20.8 Å². The molecule has 7 nitrogen and oxygen atoms in total. The van der Waals surface area contributed by atoms with Crippen molar-refractivity contribution in [3.05, 3.63) is 94.1 Å². The van der Waals surface area contributed by atoms with Crippen LogP contribution >= 0.6 is 11.6 Å². The number of epoxide rings is 1. The monoisotopic (exact) mass is 451 g/mol. The average Bonchev–Trinajstić information content (AvgIpc) is 3.64. The third-order valence-electron chi connectivity index (χ3n) is 5.21. The van der Waals surface area contributed by atoms with Gasteiger partial charge in [0.25, 0.3) is 5.91 Å². The zero-order chi connectivity index (χ0) is 22.6. The molecule has 1 unspecified atom stereocenters. The molecule has 0 spiro atoms. The van der Waals surface area contributed by atoms with Gasteiger partial charge < -0.3 is 19.6 Å². The van der Waals surface area contributed by atoms with Crippen LogP contribution in [-0.2, 0) is 26.6 Å². The zero-order valence-corrected chi connectivity index (χ0v) is 18.4. The number of ether oxygens (including phenoxy) is 2. The third kappa shape index (κ3) is 4.30. The largest absolute Gasteiger partial charge is 0.472 e. The minimum atomic E-state index is -0.512. The Hall–Kier alpha value is -3.42. The molecular formula is C24H22ClN3O4. The van der Waals surface area contributed by atoms with Crippen molar-refractivity contribution < 1.29 is 19.1 Å². The molecule has 1 atom stereocenters. The Morgan fingerprint density at radius 1 is 1.19 bits per heavy atom. The van der Waals surface area contributed by atoms with E-state index in [4.69, 9.17) is 25.9 Å². The molecule has 1 aliphatic heterocycles. The van der Waals surface area contributed by atoms with E-state index in [1.54, 1.807) is 12.3 Å². The van der Waals surface area contributed by atoms with E-state index in [9.17, 15) is 4.79 Å². The minimum Gasteiger partial charge on any atom is -0.472 e. The van der Waals surface area contributed by atoms with Crippen molar-refractivity contribution in [2.24, 2.45) is 5.16 Å². The topological polar surface area (TPSA) is 85.3 Å². The summed E-state index contributed by atoms with van der Waals surface area (Å²) in [7, 11) is 2.92. The maximum atomic E-state index is 12.2. The number of nitrogens with one attached hydrogen (secondary N) is 1. The Morgan fingerprint density at radius 3 is 2.56 bits per heavy atom. The molecular weight excluding hydrogens is 430 g/mol. The van der Waals surface area contributed by atoms with Crippen molar-refractivity contribution in [2.45, 2.75) is 12.2 Å². The van der Waals surface area contributed by atoms with Gasteiger partial charge in [-0.1, -0.05) is 71.4 Å². The predicted molar refractivity (Wildman–Crippen MR) is 121 cm³/mol. The molecule has 1 fully saturated rings. The van der Waals surface area contributed by atoms with Gasteiger partial charge in [-0.15, -0.1) is 0 Å². The molecule has 8 heteroatoms. The average molecular weight is 452 g/mol. The number of carbonyl (C=O) groups is 1. The molecule has 1 aromatic heterocycles. The molecule has 1 N–H and O–H groups in total. The second-order valence-corrected chi connectivity index (χ2v) is 7.55. The van der Waals surface area contributed by atoms with Crippen LogP contribution in [0.15, 0.2) is 72.0 Å². The van der Waals surface area contributed by atoms with E-state index in [2.05, 4.69) is 15.5 Å². The zero-order valence-electron chi connectivity index (χ0n) is 17.7. The first-order valence-electron chi connectivity index (χ1n) is 9.99. The number of carbonyl (C=O) groups excluding carboxylic acids is 1. The minimum absolute atomic E-state index is 0.141. The molecule has 1 aliphatic rings. The van der Waals surface area contributed by atoms with Crippen LogP contribution in [0.3, 0.4) is 0 Å². The molecule has 4 rings (SSSR count). The summed E-state index contributed by atoms with van der Waals surface area (Å²) >= 11 is 6.49. The summed E-state index contributed by atoms with van der Waals surface area (Å²) in [6, 6.07) is 19.1. The summed E-state index contributed by atoms with van der Waals surface area (Å²) in [6.45, 7) is 0.714. The summed E-state index contributed by atoms with van der Waals surface area (Å²) < 4.78 is 11.7. The van der Waals surface area contributed by atoms with Crippen LogP contribution in [0.1, 0.15) is 22.3 Å². The first-order chi connectivity index (χ1) is 15.6. The number of likely N-dealkylation sites (N-methyl/N-ethyl adjacent to an activating group) is 1. The highest BCUT2D eigenvalue weighted by molar-refractivity contribution is 6.45. The van der Waals surface area contributed by atoms with Crippen molar-refractivity contribution in [1.29, 1.82) is 0 Å². The van der Waals surface area contributed by atoms with Crippen LogP contribution in [0.4, 0.5) is 0 Å². The van der Waals surface area contributed by atoms with Crippen LogP contribution in [0.5, 0.6) is 5.88 Å². The van der Waals surface area contributed by atoms with E-state index in [0.29, 0.717) is 23.1 Å². The van der Waals surface area contributed by atoms with Crippen molar-refractivity contribution >= 4 is 23.2 Å². The van der Waals surface area contributed by atoms with Crippen molar-refractivity contribution in [1.82, 2.24) is 10.3 Å². The maximum Gasteiger partial charge on any atom is 0.273 e. The smallest absolute Gasteiger partial charge is 0.273 e. The molecule has 164 valence electrons. The number of aromatic nitrogens is 1. The Bertz CT molecular complexity index is 1150. The maximum absolute atomic E-state index is 12.2. The van der Waals surface area contributed by atoms with E-state index >= 15 is 0 Å². The van der Waals surface area contributed by atoms with Gasteiger partial charge >= 0.3 is 0 Å². The lowest BCUT2D eigenvalue weighted by atomic mass is 9.93. The van der Waals surface area contributed by atoms with E-state index < -0.39 is 5.60 Å². The lowest BCUT2D eigenvalue weighted by Gasteiger charge is -2.15. The van der Waals surface area contributed by atoms with E-state index in [0.717, 1.165) is 16.7 Å². The molecule has 3 aromatic rings. The Labute approximate surface area is 191 Å². The number of hydrogen-bond donors (Lipinski definition) is 1. The van der Waals surface area contributed by atoms with Gasteiger partial charge in [-0.05, 0) is 17.2 Å². The number of hydrogen-bond acceptors (Lipinski definition) is 6. The highest BCUT2D eigenvalue weighted by atomic mass is 35.5. The summed E-state index contributed by atoms with van der Waals surface area (Å²) in [5.74, 6) is -0.0743. The van der Waals surface area contributed by atoms with Crippen LogP contribution in [0.2, 0.25) is 5.02 Å². The molecule has 32 heavy (non-hydrogen) atoms. The number of amides is 1.